The van der Waals surface area contributed by atoms with E-state index in [-0.39, 0.29) is 25.0 Å². The van der Waals surface area contributed by atoms with Crippen LogP contribution in [0.1, 0.15) is 31.2 Å². The van der Waals surface area contributed by atoms with Gasteiger partial charge in [0.05, 0.1) is 12.8 Å². The number of carbonyl (C=O) groups is 1. The SMILES string of the molecule is CS(=O)(=O)N(CC(=O)NC1CC2CCC1C2)Cc1ccccc1Cl. The molecule has 1 N–H and O–H groups in total. The largest absolute Gasteiger partial charge is 0.352 e. The summed E-state index contributed by atoms with van der Waals surface area (Å²) in [4.78, 5) is 12.4. The van der Waals surface area contributed by atoms with E-state index in [1.165, 1.54) is 23.6 Å². The van der Waals surface area contributed by atoms with E-state index in [4.69, 9.17) is 11.6 Å². The van der Waals surface area contributed by atoms with Crippen LogP contribution < -0.4 is 5.32 Å². The monoisotopic (exact) mass is 370 g/mol. The average Bonchev–Trinajstić information content (AvgIpc) is 3.10. The van der Waals surface area contributed by atoms with Gasteiger partial charge in [-0.1, -0.05) is 36.2 Å². The lowest BCUT2D eigenvalue weighted by Crippen LogP contribution is -2.45. The molecule has 0 aromatic heterocycles. The van der Waals surface area contributed by atoms with Gasteiger partial charge in [0.1, 0.15) is 0 Å². The number of benzene rings is 1. The number of sulfonamides is 1. The van der Waals surface area contributed by atoms with Gasteiger partial charge >= 0.3 is 0 Å². The van der Waals surface area contributed by atoms with E-state index in [9.17, 15) is 13.2 Å². The Labute approximate surface area is 148 Å². The minimum absolute atomic E-state index is 0.0998. The van der Waals surface area contributed by atoms with Crippen molar-refractivity contribution in [1.29, 1.82) is 0 Å². The van der Waals surface area contributed by atoms with E-state index in [2.05, 4.69) is 5.32 Å². The van der Waals surface area contributed by atoms with Crippen LogP contribution in [-0.2, 0) is 21.4 Å². The fourth-order valence-corrected chi connectivity index (χ4v) is 4.86. The van der Waals surface area contributed by atoms with Crippen LogP contribution in [0.4, 0.5) is 0 Å². The third kappa shape index (κ3) is 4.10. The number of nitrogens with zero attached hydrogens (tertiary/aromatic N) is 1. The van der Waals surface area contributed by atoms with E-state index < -0.39 is 10.0 Å². The molecule has 1 aromatic carbocycles. The van der Waals surface area contributed by atoms with Crippen molar-refractivity contribution >= 4 is 27.5 Å². The molecule has 3 atom stereocenters. The van der Waals surface area contributed by atoms with Crippen molar-refractivity contribution in [3.63, 3.8) is 0 Å². The molecule has 2 aliphatic rings. The summed E-state index contributed by atoms with van der Waals surface area (Å²) in [5.41, 5.74) is 0.692. The van der Waals surface area contributed by atoms with Gasteiger partial charge in [-0.05, 0) is 42.7 Å². The van der Waals surface area contributed by atoms with Crippen molar-refractivity contribution in [2.24, 2.45) is 11.8 Å². The van der Waals surface area contributed by atoms with Crippen LogP contribution in [0.2, 0.25) is 5.02 Å². The van der Waals surface area contributed by atoms with E-state index >= 15 is 0 Å². The molecule has 7 heteroatoms. The zero-order valence-electron chi connectivity index (χ0n) is 13.7. The van der Waals surface area contributed by atoms with Gasteiger partial charge in [-0.3, -0.25) is 4.79 Å². The van der Waals surface area contributed by atoms with Crippen LogP contribution in [0.3, 0.4) is 0 Å². The Bertz CT molecular complexity index is 722. The fraction of sp³-hybridized carbons (Fsp3) is 0.588. The summed E-state index contributed by atoms with van der Waals surface area (Å²) in [7, 11) is -3.50. The molecule has 5 nitrogen and oxygen atoms in total. The number of halogens is 1. The third-order valence-electron chi connectivity index (χ3n) is 5.18. The molecule has 1 aromatic rings. The number of carbonyl (C=O) groups excluding carboxylic acids is 1. The summed E-state index contributed by atoms with van der Waals surface area (Å²) < 4.78 is 25.3. The minimum Gasteiger partial charge on any atom is -0.352 e. The topological polar surface area (TPSA) is 66.5 Å². The van der Waals surface area contributed by atoms with Crippen molar-refractivity contribution in [2.75, 3.05) is 12.8 Å². The highest BCUT2D eigenvalue weighted by atomic mass is 35.5. The molecule has 0 saturated heterocycles. The van der Waals surface area contributed by atoms with Crippen LogP contribution in [0.5, 0.6) is 0 Å². The second-order valence-electron chi connectivity index (χ2n) is 6.97. The molecule has 1 amide bonds. The van der Waals surface area contributed by atoms with Gasteiger partial charge in [0.15, 0.2) is 0 Å². The summed E-state index contributed by atoms with van der Waals surface area (Å²) in [5, 5.41) is 3.53. The maximum absolute atomic E-state index is 12.4. The number of nitrogens with one attached hydrogen (secondary N) is 1. The maximum Gasteiger partial charge on any atom is 0.235 e. The zero-order chi connectivity index (χ0) is 17.3. The molecular formula is C17H23ClN2O3S. The molecule has 24 heavy (non-hydrogen) atoms. The molecule has 2 saturated carbocycles. The Morgan fingerprint density at radius 3 is 2.62 bits per heavy atom. The Kier molecular flexibility index (Phi) is 5.18. The van der Waals surface area contributed by atoms with Crippen molar-refractivity contribution in [3.05, 3.63) is 34.9 Å². The Balaban J connectivity index is 1.64. The van der Waals surface area contributed by atoms with Crippen LogP contribution in [-0.4, -0.2) is 37.5 Å². The highest BCUT2D eigenvalue weighted by Crippen LogP contribution is 2.44. The lowest BCUT2D eigenvalue weighted by Gasteiger charge is -2.25. The first-order valence-electron chi connectivity index (χ1n) is 8.31. The van der Waals surface area contributed by atoms with Crippen molar-refractivity contribution in [2.45, 2.75) is 38.3 Å². The highest BCUT2D eigenvalue weighted by molar-refractivity contribution is 7.88. The molecule has 0 heterocycles. The molecular weight excluding hydrogens is 348 g/mol. The van der Waals surface area contributed by atoms with E-state index in [0.717, 1.165) is 18.6 Å². The molecule has 2 bridgehead atoms. The van der Waals surface area contributed by atoms with E-state index in [1.807, 2.05) is 0 Å². The molecule has 3 unspecified atom stereocenters. The summed E-state index contributed by atoms with van der Waals surface area (Å²) in [6.45, 7) is -0.0689. The molecule has 0 radical (unpaired) electrons. The maximum atomic E-state index is 12.4. The summed E-state index contributed by atoms with van der Waals surface area (Å²) in [5.74, 6) is 1.06. The quantitative estimate of drug-likeness (QED) is 0.836. The molecule has 132 valence electrons. The number of hydrogen-bond acceptors (Lipinski definition) is 3. The second-order valence-corrected chi connectivity index (χ2v) is 9.36. The third-order valence-corrected chi connectivity index (χ3v) is 6.74. The molecule has 2 fully saturated rings. The van der Waals surface area contributed by atoms with Gasteiger partial charge in [-0.2, -0.15) is 4.31 Å². The smallest absolute Gasteiger partial charge is 0.235 e. The average molecular weight is 371 g/mol. The second kappa shape index (κ2) is 7.02. The molecule has 0 aliphatic heterocycles. The highest BCUT2D eigenvalue weighted by Gasteiger charge is 2.40. The Morgan fingerprint density at radius 1 is 1.29 bits per heavy atom. The number of amides is 1. The van der Waals surface area contributed by atoms with Crippen molar-refractivity contribution in [1.82, 2.24) is 9.62 Å². The first-order chi connectivity index (χ1) is 11.3. The number of hydrogen-bond donors (Lipinski definition) is 1. The zero-order valence-corrected chi connectivity index (χ0v) is 15.3. The van der Waals surface area contributed by atoms with Crippen LogP contribution in [0.15, 0.2) is 24.3 Å². The first-order valence-corrected chi connectivity index (χ1v) is 10.5. The van der Waals surface area contributed by atoms with Crippen LogP contribution in [0, 0.1) is 11.8 Å². The summed E-state index contributed by atoms with van der Waals surface area (Å²) >= 11 is 6.11. The number of rotatable bonds is 6. The fourth-order valence-electron chi connectivity index (χ4n) is 3.94. The standard InChI is InChI=1S/C17H23ClN2O3S/c1-24(22,23)20(10-14-4-2-3-5-15(14)18)11-17(21)19-16-9-12-6-7-13(16)8-12/h2-5,12-13,16H,6-11H2,1H3,(H,19,21). The minimum atomic E-state index is -3.50. The van der Waals surface area contributed by atoms with Gasteiger partial charge in [0.2, 0.25) is 15.9 Å². The van der Waals surface area contributed by atoms with Gasteiger partial charge in [0.25, 0.3) is 0 Å². The van der Waals surface area contributed by atoms with Gasteiger partial charge < -0.3 is 5.32 Å². The summed E-state index contributed by atoms with van der Waals surface area (Å²) in [6.07, 6.45) is 5.78. The van der Waals surface area contributed by atoms with Gasteiger partial charge in [-0.15, -0.1) is 0 Å². The predicted molar refractivity (Wildman–Crippen MR) is 94.1 cm³/mol. The molecule has 3 rings (SSSR count). The van der Waals surface area contributed by atoms with E-state index in [1.54, 1.807) is 24.3 Å². The van der Waals surface area contributed by atoms with Gasteiger partial charge in [0, 0.05) is 17.6 Å². The Morgan fingerprint density at radius 2 is 2.04 bits per heavy atom. The van der Waals surface area contributed by atoms with Crippen LogP contribution >= 0.6 is 11.6 Å². The summed E-state index contributed by atoms with van der Waals surface area (Å²) in [6, 6.07) is 7.29. The van der Waals surface area contributed by atoms with Crippen molar-refractivity contribution < 1.29 is 13.2 Å². The molecule has 0 spiro atoms. The lowest BCUT2D eigenvalue weighted by molar-refractivity contribution is -0.122. The Hall–Kier alpha value is -1.11. The normalized spacial score (nSPS) is 26.0. The van der Waals surface area contributed by atoms with Gasteiger partial charge in [-0.25, -0.2) is 8.42 Å². The van der Waals surface area contributed by atoms with Crippen LogP contribution in [0.25, 0.3) is 0 Å². The first kappa shape index (κ1) is 17.7. The molecule has 2 aliphatic carbocycles. The van der Waals surface area contributed by atoms with E-state index in [0.29, 0.717) is 16.5 Å². The van der Waals surface area contributed by atoms with Crippen molar-refractivity contribution in [3.8, 4) is 0 Å². The lowest BCUT2D eigenvalue weighted by atomic mass is 9.95. The predicted octanol–water partition coefficient (Wildman–Crippen LogP) is 2.41. The number of fused-ring (bicyclic) bond motifs is 2.